The number of carbonyl (C=O) groups excluding carboxylic acids is 2. The summed E-state index contributed by atoms with van der Waals surface area (Å²) in [6, 6.07) is 17.6. The van der Waals surface area contributed by atoms with Crippen LogP contribution >= 0.6 is 0 Å². The van der Waals surface area contributed by atoms with E-state index < -0.39 is 35.9 Å². The van der Waals surface area contributed by atoms with E-state index in [1.54, 1.807) is 42.5 Å². The summed E-state index contributed by atoms with van der Waals surface area (Å²) in [5.74, 6) is -2.38. The third kappa shape index (κ3) is 3.75. The summed E-state index contributed by atoms with van der Waals surface area (Å²) in [7, 11) is 0. The van der Waals surface area contributed by atoms with Crippen LogP contribution in [-0.2, 0) is 14.4 Å². The molecular formula is C23H19N3O5. The number of rotatable bonds is 7. The number of carboxylic acids is 1. The minimum absolute atomic E-state index is 0.0190. The number of nitrogens with one attached hydrogen (secondary N) is 1. The summed E-state index contributed by atoms with van der Waals surface area (Å²) in [6.07, 6.45) is 0. The molecule has 1 aliphatic rings. The molecule has 0 radical (unpaired) electrons. The molecule has 1 saturated heterocycles. The van der Waals surface area contributed by atoms with Gasteiger partial charge in [0.25, 0.3) is 5.91 Å². The van der Waals surface area contributed by atoms with E-state index in [-0.39, 0.29) is 6.54 Å². The first-order valence-corrected chi connectivity index (χ1v) is 9.70. The predicted octanol–water partition coefficient (Wildman–Crippen LogP) is 2.80. The number of amides is 2. The standard InChI is InChI=1S/C23H19N3O5/c27-21(19(25-31)15-8-2-1-3-9-15)24-18-13-26(22(18)28)20(23(29)30)17-12-6-10-14-7-4-5-11-16(14)17/h1-12,18-20H,13H2,(H,24,27)(H,29,30). The highest BCUT2D eigenvalue weighted by molar-refractivity contribution is 5.98. The van der Waals surface area contributed by atoms with Crippen LogP contribution in [0.3, 0.4) is 0 Å². The van der Waals surface area contributed by atoms with Gasteiger partial charge in [0, 0.05) is 0 Å². The van der Waals surface area contributed by atoms with Crippen LogP contribution in [0.5, 0.6) is 0 Å². The van der Waals surface area contributed by atoms with Gasteiger partial charge in [-0.1, -0.05) is 78.0 Å². The van der Waals surface area contributed by atoms with Crippen molar-refractivity contribution >= 4 is 28.6 Å². The number of benzene rings is 3. The van der Waals surface area contributed by atoms with Gasteiger partial charge in [0.05, 0.1) is 6.54 Å². The fourth-order valence-electron chi connectivity index (χ4n) is 3.86. The summed E-state index contributed by atoms with van der Waals surface area (Å²) in [5, 5.41) is 16.8. The Morgan fingerprint density at radius 2 is 1.68 bits per heavy atom. The minimum Gasteiger partial charge on any atom is -0.479 e. The smallest absolute Gasteiger partial charge is 0.331 e. The summed E-state index contributed by atoms with van der Waals surface area (Å²) >= 11 is 0. The van der Waals surface area contributed by atoms with Gasteiger partial charge in [-0.15, -0.1) is 4.91 Å². The lowest BCUT2D eigenvalue weighted by atomic mass is 9.94. The SMILES string of the molecule is O=NC(C(=O)NC1CN(C(C(=O)O)c2cccc3ccccc23)C1=O)c1ccccc1. The molecule has 0 bridgehead atoms. The van der Waals surface area contributed by atoms with Crippen molar-refractivity contribution in [3.63, 3.8) is 0 Å². The van der Waals surface area contributed by atoms with Gasteiger partial charge in [-0.05, 0) is 21.9 Å². The summed E-state index contributed by atoms with van der Waals surface area (Å²) in [4.78, 5) is 49.7. The largest absolute Gasteiger partial charge is 0.479 e. The molecule has 0 aromatic heterocycles. The number of nitrogens with zero attached hydrogens (tertiary/aromatic N) is 2. The van der Waals surface area contributed by atoms with Crippen LogP contribution in [0, 0.1) is 4.91 Å². The molecule has 3 unspecified atom stereocenters. The van der Waals surface area contributed by atoms with E-state index in [1.165, 1.54) is 4.90 Å². The van der Waals surface area contributed by atoms with Crippen molar-refractivity contribution < 1.29 is 19.5 Å². The maximum atomic E-state index is 12.7. The van der Waals surface area contributed by atoms with Gasteiger partial charge in [-0.2, -0.15) is 0 Å². The van der Waals surface area contributed by atoms with Gasteiger partial charge >= 0.3 is 5.97 Å². The van der Waals surface area contributed by atoms with E-state index in [0.717, 1.165) is 10.8 Å². The first kappa shape index (κ1) is 20.2. The number of carboxylic acid groups (broad SMARTS) is 1. The second kappa shape index (κ2) is 8.35. The van der Waals surface area contributed by atoms with E-state index in [1.807, 2.05) is 30.3 Å². The lowest BCUT2D eigenvalue weighted by Gasteiger charge is -2.42. The maximum Gasteiger partial charge on any atom is 0.331 e. The average molecular weight is 417 g/mol. The van der Waals surface area contributed by atoms with Crippen molar-refractivity contribution in [1.29, 1.82) is 0 Å². The number of β-lactam (4-membered cyclic amide) rings is 1. The second-order valence-electron chi connectivity index (χ2n) is 7.28. The zero-order chi connectivity index (χ0) is 22.0. The fraction of sp³-hybridized carbons (Fsp3) is 0.174. The monoisotopic (exact) mass is 417 g/mol. The molecule has 1 aliphatic heterocycles. The number of aliphatic carboxylic acids is 1. The molecule has 2 N–H and O–H groups in total. The fourth-order valence-corrected chi connectivity index (χ4v) is 3.86. The lowest BCUT2D eigenvalue weighted by molar-refractivity contribution is -0.160. The Kier molecular flexibility index (Phi) is 5.44. The van der Waals surface area contributed by atoms with Crippen molar-refractivity contribution in [2.75, 3.05) is 6.54 Å². The number of likely N-dealkylation sites (tertiary alicyclic amines) is 1. The number of hydrogen-bond acceptors (Lipinski definition) is 5. The Labute approximate surface area is 177 Å². The van der Waals surface area contributed by atoms with Gasteiger partial charge in [0.15, 0.2) is 12.1 Å². The predicted molar refractivity (Wildman–Crippen MR) is 113 cm³/mol. The molecule has 0 saturated carbocycles. The molecule has 3 aromatic rings. The summed E-state index contributed by atoms with van der Waals surface area (Å²) in [5.41, 5.74) is 0.915. The molecule has 31 heavy (non-hydrogen) atoms. The van der Waals surface area contributed by atoms with Crippen LogP contribution in [0.4, 0.5) is 0 Å². The van der Waals surface area contributed by atoms with Crippen molar-refractivity contribution in [2.45, 2.75) is 18.1 Å². The number of fused-ring (bicyclic) bond motifs is 1. The molecule has 2 amide bonds. The van der Waals surface area contributed by atoms with Crippen LogP contribution in [0.15, 0.2) is 78.0 Å². The van der Waals surface area contributed by atoms with Crippen LogP contribution in [0.25, 0.3) is 10.8 Å². The van der Waals surface area contributed by atoms with E-state index >= 15 is 0 Å². The third-order valence-electron chi connectivity index (χ3n) is 5.41. The van der Waals surface area contributed by atoms with E-state index in [0.29, 0.717) is 11.1 Å². The van der Waals surface area contributed by atoms with Gasteiger partial charge in [-0.25, -0.2) is 4.79 Å². The van der Waals surface area contributed by atoms with Gasteiger partial charge in [0.1, 0.15) is 6.04 Å². The summed E-state index contributed by atoms with van der Waals surface area (Å²) < 4.78 is 0. The van der Waals surface area contributed by atoms with E-state index in [4.69, 9.17) is 0 Å². The highest BCUT2D eigenvalue weighted by Gasteiger charge is 2.46. The molecule has 3 atom stereocenters. The maximum absolute atomic E-state index is 12.7. The van der Waals surface area contributed by atoms with Gasteiger partial charge in [0.2, 0.25) is 5.91 Å². The Balaban J connectivity index is 1.52. The highest BCUT2D eigenvalue weighted by Crippen LogP contribution is 2.32. The molecule has 1 fully saturated rings. The molecule has 3 aromatic carbocycles. The first-order valence-electron chi connectivity index (χ1n) is 9.70. The Morgan fingerprint density at radius 3 is 2.35 bits per heavy atom. The second-order valence-corrected chi connectivity index (χ2v) is 7.28. The zero-order valence-electron chi connectivity index (χ0n) is 16.3. The van der Waals surface area contributed by atoms with Crippen LogP contribution < -0.4 is 5.32 Å². The van der Waals surface area contributed by atoms with E-state index in [9.17, 15) is 24.4 Å². The van der Waals surface area contributed by atoms with E-state index in [2.05, 4.69) is 10.5 Å². The number of nitroso groups, excluding NO2 is 1. The van der Waals surface area contributed by atoms with Crippen LogP contribution in [-0.4, -0.2) is 40.4 Å². The van der Waals surface area contributed by atoms with Crippen molar-refractivity contribution in [3.8, 4) is 0 Å². The number of hydrogen-bond donors (Lipinski definition) is 2. The molecule has 8 heteroatoms. The molecule has 0 spiro atoms. The van der Waals surface area contributed by atoms with Crippen LogP contribution in [0.1, 0.15) is 23.2 Å². The van der Waals surface area contributed by atoms with Crippen molar-refractivity contribution in [3.05, 3.63) is 88.8 Å². The number of carbonyl (C=O) groups is 3. The quantitative estimate of drug-likeness (QED) is 0.453. The Morgan fingerprint density at radius 1 is 1.00 bits per heavy atom. The molecule has 0 aliphatic carbocycles. The van der Waals surface area contributed by atoms with Crippen LogP contribution in [0.2, 0.25) is 0 Å². The van der Waals surface area contributed by atoms with Crippen molar-refractivity contribution in [2.24, 2.45) is 5.18 Å². The highest BCUT2D eigenvalue weighted by atomic mass is 16.4. The lowest BCUT2D eigenvalue weighted by Crippen LogP contribution is -2.65. The Hall–Kier alpha value is -4.07. The Bertz CT molecular complexity index is 1160. The zero-order valence-corrected chi connectivity index (χ0v) is 16.3. The molecule has 4 rings (SSSR count). The molecule has 8 nitrogen and oxygen atoms in total. The van der Waals surface area contributed by atoms with Gasteiger partial charge in [-0.3, -0.25) is 9.59 Å². The molecule has 1 heterocycles. The summed E-state index contributed by atoms with van der Waals surface area (Å²) in [6.45, 7) is 0.0190. The molecule has 156 valence electrons. The van der Waals surface area contributed by atoms with Gasteiger partial charge < -0.3 is 15.3 Å². The minimum atomic E-state index is -1.28. The first-order chi connectivity index (χ1) is 15.0. The topological polar surface area (TPSA) is 116 Å². The molecular weight excluding hydrogens is 398 g/mol. The third-order valence-corrected chi connectivity index (χ3v) is 5.41. The normalized spacial score (nSPS) is 17.5. The average Bonchev–Trinajstić information content (AvgIpc) is 2.79. The van der Waals surface area contributed by atoms with Crippen molar-refractivity contribution in [1.82, 2.24) is 10.2 Å².